The average Bonchev–Trinajstić information content (AvgIpc) is 2.39. The van der Waals surface area contributed by atoms with Gasteiger partial charge in [-0.1, -0.05) is 43.8 Å². The number of hydrogen-bond acceptors (Lipinski definition) is 4. The van der Waals surface area contributed by atoms with Crippen LogP contribution in [0.1, 0.15) is 7.43 Å². The molecule has 0 saturated heterocycles. The Balaban J connectivity index is 0.000000526. The average molecular weight is 300 g/mol. The first-order valence-corrected chi connectivity index (χ1v) is 6.88. The molecule has 2 aromatic rings. The molecule has 0 aliphatic rings. The van der Waals surface area contributed by atoms with Crippen LogP contribution in [0, 0.1) is 0 Å². The van der Waals surface area contributed by atoms with E-state index in [-0.39, 0.29) is 12.3 Å². The van der Waals surface area contributed by atoms with Gasteiger partial charge in [-0.2, -0.15) is 8.42 Å². The Hall–Kier alpha value is -1.47. The van der Waals surface area contributed by atoms with Crippen molar-refractivity contribution >= 4 is 20.9 Å². The first kappa shape index (κ1) is 18.5. The smallest absolute Gasteiger partial charge is 0.295 e. The van der Waals surface area contributed by atoms with Crippen LogP contribution in [0.5, 0.6) is 0 Å². The van der Waals surface area contributed by atoms with E-state index in [1.165, 1.54) is 6.07 Å². The van der Waals surface area contributed by atoms with Gasteiger partial charge < -0.3 is 9.47 Å². The summed E-state index contributed by atoms with van der Waals surface area (Å²) in [6, 6.07) is 11.8. The van der Waals surface area contributed by atoms with Crippen LogP contribution in [0.3, 0.4) is 0 Å². The second-order valence-corrected chi connectivity index (χ2v) is 5.04. The molecule has 0 radical (unpaired) electrons. The van der Waals surface area contributed by atoms with E-state index in [9.17, 15) is 8.42 Å². The Morgan fingerprint density at radius 2 is 1.55 bits per heavy atom. The highest BCUT2D eigenvalue weighted by Gasteiger charge is 2.12. The number of methoxy groups -OCH3 is 2. The predicted octanol–water partition coefficient (Wildman–Crippen LogP) is 2.96. The van der Waals surface area contributed by atoms with Crippen LogP contribution in [0.2, 0.25) is 0 Å². The van der Waals surface area contributed by atoms with Crippen molar-refractivity contribution in [2.24, 2.45) is 0 Å². The van der Waals surface area contributed by atoms with Gasteiger partial charge in [0.15, 0.2) is 0 Å². The minimum Gasteiger partial charge on any atom is -0.359 e. The lowest BCUT2D eigenvalue weighted by Crippen LogP contribution is -1.98. The summed E-state index contributed by atoms with van der Waals surface area (Å²) in [5, 5.41) is 1.33. The molecule has 112 valence electrons. The van der Waals surface area contributed by atoms with Gasteiger partial charge in [0.1, 0.15) is 11.7 Å². The van der Waals surface area contributed by atoms with Crippen molar-refractivity contribution < 1.29 is 22.4 Å². The fourth-order valence-electron chi connectivity index (χ4n) is 1.54. The Morgan fingerprint density at radius 3 is 2.05 bits per heavy atom. The summed E-state index contributed by atoms with van der Waals surface area (Å²) in [6.07, 6.45) is 0. The predicted molar refractivity (Wildman–Crippen MR) is 79.4 cm³/mol. The molecule has 1 N–H and O–H groups in total. The van der Waals surface area contributed by atoms with Gasteiger partial charge in [-0.15, -0.1) is 0 Å². The zero-order valence-electron chi connectivity index (χ0n) is 10.7. The minimum atomic E-state index is -4.13. The molecule has 2 aromatic carbocycles. The van der Waals surface area contributed by atoms with Crippen molar-refractivity contribution in [3.8, 4) is 0 Å². The van der Waals surface area contributed by atoms with Gasteiger partial charge in [0.05, 0.1) is 0 Å². The Bertz CT molecular complexity index is 615. The fraction of sp³-hybridized carbons (Fsp3) is 0.286. The third-order valence-electron chi connectivity index (χ3n) is 2.26. The van der Waals surface area contributed by atoms with Crippen LogP contribution in [0.25, 0.3) is 10.8 Å². The molecule has 0 fully saturated rings. The van der Waals surface area contributed by atoms with Crippen molar-refractivity contribution in [3.05, 3.63) is 42.5 Å². The van der Waals surface area contributed by atoms with E-state index >= 15 is 0 Å². The molecule has 0 unspecified atom stereocenters. The maximum absolute atomic E-state index is 11.0. The molecule has 0 saturated carbocycles. The zero-order valence-corrected chi connectivity index (χ0v) is 11.6. The van der Waals surface area contributed by atoms with Gasteiger partial charge in [0.2, 0.25) is 0 Å². The second-order valence-electron chi connectivity index (χ2n) is 3.65. The largest absolute Gasteiger partial charge is 0.359 e. The molecule has 5 nitrogen and oxygen atoms in total. The van der Waals surface area contributed by atoms with Gasteiger partial charge in [0, 0.05) is 19.6 Å². The third kappa shape index (κ3) is 5.26. The van der Waals surface area contributed by atoms with Crippen LogP contribution in [0.15, 0.2) is 47.4 Å². The molecule has 0 heterocycles. The summed E-state index contributed by atoms with van der Waals surface area (Å²) >= 11 is 0. The van der Waals surface area contributed by atoms with Crippen molar-refractivity contribution in [3.63, 3.8) is 0 Å². The molecule has 6 heteroatoms. The molecule has 0 atom stereocenters. The topological polar surface area (TPSA) is 72.8 Å². The van der Waals surface area contributed by atoms with Crippen LogP contribution >= 0.6 is 0 Å². The molecular weight excluding hydrogens is 280 g/mol. The van der Waals surface area contributed by atoms with Crippen LogP contribution in [-0.4, -0.2) is 34.0 Å². The van der Waals surface area contributed by atoms with Crippen molar-refractivity contribution in [2.75, 3.05) is 21.0 Å². The standard InChI is InChI=1S/C10H8O3S.C3H8O2.CH4/c11-14(12,13)10-7-3-5-8-4-1-2-6-9(8)10;1-4-3-5-2;/h1-7H,(H,11,12,13);3H2,1-2H3;1H4. The van der Waals surface area contributed by atoms with E-state index in [1.54, 1.807) is 44.6 Å². The van der Waals surface area contributed by atoms with E-state index in [4.69, 9.17) is 4.55 Å². The van der Waals surface area contributed by atoms with Crippen LogP contribution in [0.4, 0.5) is 0 Å². The lowest BCUT2D eigenvalue weighted by Gasteiger charge is -2.02. The van der Waals surface area contributed by atoms with E-state index in [0.29, 0.717) is 12.2 Å². The molecule has 20 heavy (non-hydrogen) atoms. The highest BCUT2D eigenvalue weighted by Crippen LogP contribution is 2.21. The zero-order chi connectivity index (χ0) is 14.3. The van der Waals surface area contributed by atoms with Crippen LogP contribution in [-0.2, 0) is 19.6 Å². The number of benzene rings is 2. The normalized spacial score (nSPS) is 10.3. The van der Waals surface area contributed by atoms with E-state index < -0.39 is 10.1 Å². The molecular formula is C14H20O5S. The van der Waals surface area contributed by atoms with Crippen molar-refractivity contribution in [1.29, 1.82) is 0 Å². The van der Waals surface area contributed by atoms with E-state index in [2.05, 4.69) is 9.47 Å². The summed E-state index contributed by atoms with van der Waals surface area (Å²) in [7, 11) is -0.956. The Morgan fingerprint density at radius 1 is 1.00 bits per heavy atom. The molecule has 0 amide bonds. The lowest BCUT2D eigenvalue weighted by molar-refractivity contribution is -0.00272. The third-order valence-corrected chi connectivity index (χ3v) is 3.18. The molecule has 0 bridgehead atoms. The summed E-state index contributed by atoms with van der Waals surface area (Å²) in [5.41, 5.74) is 0. The van der Waals surface area contributed by atoms with Crippen LogP contribution < -0.4 is 0 Å². The Kier molecular flexibility index (Phi) is 8.02. The van der Waals surface area contributed by atoms with E-state index in [0.717, 1.165) is 5.39 Å². The van der Waals surface area contributed by atoms with Gasteiger partial charge in [-0.25, -0.2) is 0 Å². The molecule has 0 aliphatic carbocycles. The SMILES string of the molecule is C.COCOC.O=S(=O)(O)c1cccc2ccccc12. The highest BCUT2D eigenvalue weighted by atomic mass is 32.2. The van der Waals surface area contributed by atoms with Gasteiger partial charge in [0.25, 0.3) is 10.1 Å². The number of rotatable bonds is 3. The second kappa shape index (κ2) is 8.65. The maximum atomic E-state index is 11.0. The van der Waals surface area contributed by atoms with Crippen molar-refractivity contribution in [2.45, 2.75) is 12.3 Å². The molecule has 0 aromatic heterocycles. The first-order chi connectivity index (χ1) is 9.00. The summed E-state index contributed by atoms with van der Waals surface area (Å²) in [6.45, 7) is 0.389. The number of ether oxygens (including phenoxy) is 2. The number of hydrogen-bond donors (Lipinski definition) is 1. The molecule has 2 rings (SSSR count). The Labute approximate surface area is 119 Å². The summed E-state index contributed by atoms with van der Waals surface area (Å²) < 4.78 is 39.9. The first-order valence-electron chi connectivity index (χ1n) is 5.44. The number of fused-ring (bicyclic) bond motifs is 1. The van der Waals surface area contributed by atoms with Gasteiger partial charge >= 0.3 is 0 Å². The molecule has 0 aliphatic heterocycles. The quantitative estimate of drug-likeness (QED) is 0.697. The minimum absolute atomic E-state index is 0. The summed E-state index contributed by atoms with van der Waals surface area (Å²) in [4.78, 5) is -0.0457. The maximum Gasteiger partial charge on any atom is 0.295 e. The van der Waals surface area contributed by atoms with Gasteiger partial charge in [-0.3, -0.25) is 4.55 Å². The van der Waals surface area contributed by atoms with E-state index in [1.807, 2.05) is 6.07 Å². The van der Waals surface area contributed by atoms with Crippen molar-refractivity contribution in [1.82, 2.24) is 0 Å². The lowest BCUT2D eigenvalue weighted by atomic mass is 10.1. The molecule has 0 spiro atoms. The van der Waals surface area contributed by atoms with Gasteiger partial charge in [-0.05, 0) is 11.5 Å². The monoisotopic (exact) mass is 300 g/mol. The summed E-state index contributed by atoms with van der Waals surface area (Å²) in [5.74, 6) is 0. The highest BCUT2D eigenvalue weighted by molar-refractivity contribution is 7.86. The fourth-order valence-corrected chi connectivity index (χ4v) is 2.25.